The van der Waals surface area contributed by atoms with E-state index in [2.05, 4.69) is 5.32 Å². The van der Waals surface area contributed by atoms with E-state index in [0.717, 1.165) is 30.6 Å². The number of methoxy groups -OCH3 is 1. The summed E-state index contributed by atoms with van der Waals surface area (Å²) in [7, 11) is 1.60. The number of ketones is 1. The number of benzene rings is 3. The minimum Gasteiger partial charge on any atom is -0.496 e. The minimum absolute atomic E-state index is 0.122. The van der Waals surface area contributed by atoms with E-state index in [1.165, 1.54) is 11.1 Å². The Balaban J connectivity index is 1.56. The van der Waals surface area contributed by atoms with Crippen LogP contribution in [0.25, 0.3) is 0 Å². The van der Waals surface area contributed by atoms with Crippen molar-refractivity contribution in [3.8, 4) is 5.75 Å². The van der Waals surface area contributed by atoms with Gasteiger partial charge in [-0.2, -0.15) is 0 Å². The highest BCUT2D eigenvalue weighted by molar-refractivity contribution is 6.15. The Morgan fingerprint density at radius 1 is 0.897 bits per heavy atom. The van der Waals surface area contributed by atoms with E-state index in [1.807, 2.05) is 42.5 Å². The van der Waals surface area contributed by atoms with Crippen molar-refractivity contribution >= 4 is 11.7 Å². The van der Waals surface area contributed by atoms with Crippen molar-refractivity contribution in [3.63, 3.8) is 0 Å². The fourth-order valence-corrected chi connectivity index (χ4v) is 3.87. The van der Waals surface area contributed by atoms with Gasteiger partial charge in [-0.25, -0.2) is 0 Å². The van der Waals surface area contributed by atoms with Gasteiger partial charge in [0.2, 0.25) is 0 Å². The van der Waals surface area contributed by atoms with E-state index in [0.29, 0.717) is 23.2 Å². The number of nitrogens with one attached hydrogen (secondary N) is 1. The second kappa shape index (κ2) is 8.31. The molecule has 4 rings (SSSR count). The topological polar surface area (TPSA) is 55.4 Å². The molecule has 0 saturated heterocycles. The molecule has 0 fully saturated rings. The van der Waals surface area contributed by atoms with Crippen LogP contribution < -0.4 is 10.1 Å². The zero-order valence-corrected chi connectivity index (χ0v) is 16.4. The average molecular weight is 385 g/mol. The molecule has 0 aliphatic heterocycles. The molecule has 0 unspecified atom stereocenters. The lowest BCUT2D eigenvalue weighted by Gasteiger charge is -2.12. The number of hydrogen-bond donors (Lipinski definition) is 1. The van der Waals surface area contributed by atoms with Crippen LogP contribution in [0.15, 0.2) is 66.7 Å². The predicted octanol–water partition coefficient (Wildman–Crippen LogP) is 4.34. The first-order valence-electron chi connectivity index (χ1n) is 9.83. The average Bonchev–Trinajstić information content (AvgIpc) is 3.25. The molecular formula is C25H23NO3. The molecule has 3 aromatic rings. The van der Waals surface area contributed by atoms with Gasteiger partial charge in [0.25, 0.3) is 5.91 Å². The molecule has 1 aliphatic rings. The Labute approximate surface area is 170 Å². The second-order valence-electron chi connectivity index (χ2n) is 7.21. The van der Waals surface area contributed by atoms with Gasteiger partial charge in [0.05, 0.1) is 12.7 Å². The Morgan fingerprint density at radius 2 is 1.62 bits per heavy atom. The lowest BCUT2D eigenvalue weighted by molar-refractivity contribution is 0.0939. The van der Waals surface area contributed by atoms with E-state index >= 15 is 0 Å². The largest absolute Gasteiger partial charge is 0.496 e. The Hall–Kier alpha value is -3.40. The smallest absolute Gasteiger partial charge is 0.252 e. The molecule has 29 heavy (non-hydrogen) atoms. The summed E-state index contributed by atoms with van der Waals surface area (Å²) >= 11 is 0. The summed E-state index contributed by atoms with van der Waals surface area (Å²) in [6, 6.07) is 20.4. The summed E-state index contributed by atoms with van der Waals surface area (Å²) < 4.78 is 5.33. The highest BCUT2D eigenvalue weighted by Gasteiger charge is 2.20. The number of aryl methyl sites for hydroxylation is 2. The molecule has 0 heterocycles. The van der Waals surface area contributed by atoms with Crippen LogP contribution in [-0.4, -0.2) is 18.8 Å². The maximum absolute atomic E-state index is 13.1. The third-order valence-corrected chi connectivity index (χ3v) is 5.41. The standard InChI is InChI=1S/C25H23NO3/c1-29-23-12-5-2-7-20(23)16-26-25(28)22-11-4-3-10-21(22)24(27)19-14-13-17-8-6-9-18(17)15-19/h2-5,7,10-15H,6,8-9,16H2,1H3,(H,26,28). The number of para-hydroxylation sites is 1. The van der Waals surface area contributed by atoms with Gasteiger partial charge in [0, 0.05) is 23.2 Å². The fourth-order valence-electron chi connectivity index (χ4n) is 3.87. The molecule has 1 N–H and O–H groups in total. The van der Waals surface area contributed by atoms with Gasteiger partial charge in [-0.1, -0.05) is 48.5 Å². The lowest BCUT2D eigenvalue weighted by atomic mass is 9.95. The highest BCUT2D eigenvalue weighted by Crippen LogP contribution is 2.25. The molecule has 1 aliphatic carbocycles. The van der Waals surface area contributed by atoms with Crippen LogP contribution >= 0.6 is 0 Å². The maximum atomic E-state index is 13.1. The molecule has 146 valence electrons. The van der Waals surface area contributed by atoms with Gasteiger partial charge in [-0.15, -0.1) is 0 Å². The first-order valence-corrected chi connectivity index (χ1v) is 9.83. The number of carbonyl (C=O) groups is 2. The van der Waals surface area contributed by atoms with Crippen molar-refractivity contribution in [2.24, 2.45) is 0 Å². The Bertz CT molecular complexity index is 1070. The summed E-state index contributed by atoms with van der Waals surface area (Å²) in [4.78, 5) is 26.0. The zero-order valence-electron chi connectivity index (χ0n) is 16.4. The van der Waals surface area contributed by atoms with Crippen LogP contribution in [0.3, 0.4) is 0 Å². The number of amides is 1. The molecule has 0 atom stereocenters. The zero-order chi connectivity index (χ0) is 20.2. The third kappa shape index (κ3) is 3.92. The molecule has 4 nitrogen and oxygen atoms in total. The van der Waals surface area contributed by atoms with Crippen molar-refractivity contribution < 1.29 is 14.3 Å². The van der Waals surface area contributed by atoms with Gasteiger partial charge >= 0.3 is 0 Å². The fraction of sp³-hybridized carbons (Fsp3) is 0.200. The van der Waals surface area contributed by atoms with Gasteiger partial charge in [0.1, 0.15) is 5.75 Å². The van der Waals surface area contributed by atoms with Crippen molar-refractivity contribution in [1.29, 1.82) is 0 Å². The lowest BCUT2D eigenvalue weighted by Crippen LogP contribution is -2.25. The number of rotatable bonds is 6. The van der Waals surface area contributed by atoms with E-state index in [9.17, 15) is 9.59 Å². The molecule has 0 aromatic heterocycles. The van der Waals surface area contributed by atoms with Gasteiger partial charge in [-0.05, 0) is 48.6 Å². The van der Waals surface area contributed by atoms with E-state index in [1.54, 1.807) is 31.4 Å². The molecule has 4 heteroatoms. The van der Waals surface area contributed by atoms with E-state index in [4.69, 9.17) is 4.74 Å². The monoisotopic (exact) mass is 385 g/mol. The van der Waals surface area contributed by atoms with Gasteiger partial charge in [-0.3, -0.25) is 9.59 Å². The first kappa shape index (κ1) is 18.9. The molecule has 0 bridgehead atoms. The summed E-state index contributed by atoms with van der Waals surface area (Å²) in [6.45, 7) is 0.324. The van der Waals surface area contributed by atoms with Crippen molar-refractivity contribution in [3.05, 3.63) is 100 Å². The summed E-state index contributed by atoms with van der Waals surface area (Å²) in [5, 5.41) is 2.91. The summed E-state index contributed by atoms with van der Waals surface area (Å²) in [5.74, 6) is 0.319. The highest BCUT2D eigenvalue weighted by atomic mass is 16.5. The molecule has 3 aromatic carbocycles. The second-order valence-corrected chi connectivity index (χ2v) is 7.21. The molecule has 0 saturated carbocycles. The quantitative estimate of drug-likeness (QED) is 0.642. The number of ether oxygens (including phenoxy) is 1. The van der Waals surface area contributed by atoms with Crippen LogP contribution in [0.1, 0.15) is 49.4 Å². The van der Waals surface area contributed by atoms with E-state index in [-0.39, 0.29) is 11.7 Å². The number of fused-ring (bicyclic) bond motifs is 1. The van der Waals surface area contributed by atoms with Gasteiger partial charge in [0.15, 0.2) is 5.78 Å². The molecular weight excluding hydrogens is 362 g/mol. The van der Waals surface area contributed by atoms with Crippen LogP contribution in [-0.2, 0) is 19.4 Å². The van der Waals surface area contributed by atoms with Crippen molar-refractivity contribution in [2.45, 2.75) is 25.8 Å². The summed E-state index contributed by atoms with van der Waals surface area (Å²) in [6.07, 6.45) is 3.22. The van der Waals surface area contributed by atoms with Crippen LogP contribution in [0.4, 0.5) is 0 Å². The van der Waals surface area contributed by atoms with Gasteiger partial charge < -0.3 is 10.1 Å². The molecule has 0 spiro atoms. The molecule has 1 amide bonds. The van der Waals surface area contributed by atoms with Crippen LogP contribution in [0, 0.1) is 0 Å². The Kier molecular flexibility index (Phi) is 5.43. The normalized spacial score (nSPS) is 12.3. The maximum Gasteiger partial charge on any atom is 0.252 e. The first-order chi connectivity index (χ1) is 14.2. The third-order valence-electron chi connectivity index (χ3n) is 5.41. The van der Waals surface area contributed by atoms with Crippen molar-refractivity contribution in [1.82, 2.24) is 5.32 Å². The van der Waals surface area contributed by atoms with Crippen LogP contribution in [0.2, 0.25) is 0 Å². The SMILES string of the molecule is COc1ccccc1CNC(=O)c1ccccc1C(=O)c1ccc2c(c1)CCC2. The van der Waals surface area contributed by atoms with Crippen LogP contribution in [0.5, 0.6) is 5.75 Å². The number of hydrogen-bond acceptors (Lipinski definition) is 3. The minimum atomic E-state index is -0.277. The predicted molar refractivity (Wildman–Crippen MR) is 113 cm³/mol. The summed E-state index contributed by atoms with van der Waals surface area (Å²) in [5.41, 5.74) is 4.88. The Morgan fingerprint density at radius 3 is 2.45 bits per heavy atom. The van der Waals surface area contributed by atoms with E-state index < -0.39 is 0 Å². The van der Waals surface area contributed by atoms with Crippen molar-refractivity contribution in [2.75, 3.05) is 7.11 Å². The number of carbonyl (C=O) groups excluding carboxylic acids is 2. The molecule has 0 radical (unpaired) electrons.